The summed E-state index contributed by atoms with van der Waals surface area (Å²) in [5.41, 5.74) is 3.16. The molecule has 1 amide bonds. The van der Waals surface area contributed by atoms with Crippen LogP contribution >= 0.6 is 0 Å². The van der Waals surface area contributed by atoms with Gasteiger partial charge in [-0.05, 0) is 61.8 Å². The minimum Gasteiger partial charge on any atom is -0.491 e. The van der Waals surface area contributed by atoms with Crippen LogP contribution in [-0.2, 0) is 11.2 Å². The molecule has 1 N–H and O–H groups in total. The standard InChI is InChI=1S/C28H34N4O3/c33-28(24-5-1-2-7-27(24)35-15-12-31-10-13-34-14-11-31)32-22-8-9-23(32)18-20(17-22)16-21-4-3-6-26-25(21)19-29-30-26/h1-7,19-20,22-23H,8-18H2,(H,29,30)/t22-,23-/m0/s1. The molecular formula is C28H34N4O3. The zero-order chi connectivity index (χ0) is 23.6. The number of amides is 1. The number of fused-ring (bicyclic) bond motifs is 3. The minimum atomic E-state index is 0.134. The van der Waals surface area contributed by atoms with Crippen molar-refractivity contribution in [2.24, 2.45) is 5.92 Å². The molecule has 0 spiro atoms. The van der Waals surface area contributed by atoms with Gasteiger partial charge in [0.1, 0.15) is 12.4 Å². The van der Waals surface area contributed by atoms with Gasteiger partial charge in [-0.25, -0.2) is 0 Å². The van der Waals surface area contributed by atoms with E-state index in [0.29, 0.717) is 35.9 Å². The number of para-hydroxylation sites is 1. The Balaban J connectivity index is 1.11. The van der Waals surface area contributed by atoms with Crippen molar-refractivity contribution < 1.29 is 14.3 Å². The zero-order valence-electron chi connectivity index (χ0n) is 20.2. The van der Waals surface area contributed by atoms with Crippen molar-refractivity contribution in [2.45, 2.75) is 44.2 Å². The van der Waals surface area contributed by atoms with Gasteiger partial charge in [0, 0.05) is 37.1 Å². The quantitative estimate of drug-likeness (QED) is 0.562. The lowest BCUT2D eigenvalue weighted by Crippen LogP contribution is -2.47. The summed E-state index contributed by atoms with van der Waals surface area (Å²) in [7, 11) is 0. The van der Waals surface area contributed by atoms with Gasteiger partial charge in [-0.3, -0.25) is 14.8 Å². The number of hydrogen-bond donors (Lipinski definition) is 1. The molecule has 3 aliphatic heterocycles. The largest absolute Gasteiger partial charge is 0.491 e. The van der Waals surface area contributed by atoms with Crippen LogP contribution in [0.2, 0.25) is 0 Å². The van der Waals surface area contributed by atoms with Gasteiger partial charge in [-0.2, -0.15) is 5.10 Å². The maximum atomic E-state index is 13.8. The number of hydrogen-bond acceptors (Lipinski definition) is 5. The number of morpholine rings is 1. The van der Waals surface area contributed by atoms with Gasteiger partial charge < -0.3 is 14.4 Å². The summed E-state index contributed by atoms with van der Waals surface area (Å²) >= 11 is 0. The first kappa shape index (κ1) is 22.6. The predicted molar refractivity (Wildman–Crippen MR) is 135 cm³/mol. The lowest BCUT2D eigenvalue weighted by Gasteiger charge is -2.39. The molecule has 2 aromatic carbocycles. The van der Waals surface area contributed by atoms with Crippen LogP contribution in [0.3, 0.4) is 0 Å². The SMILES string of the molecule is O=C(c1ccccc1OCCN1CCOCC1)N1[C@H]2CC[C@H]1CC(Cc1cccc3[nH]ncc13)C2. The summed E-state index contributed by atoms with van der Waals surface area (Å²) in [5, 5.41) is 8.53. The van der Waals surface area contributed by atoms with Crippen molar-refractivity contribution in [1.29, 1.82) is 0 Å². The molecule has 35 heavy (non-hydrogen) atoms. The van der Waals surface area contributed by atoms with E-state index in [1.165, 1.54) is 10.9 Å². The van der Waals surface area contributed by atoms with E-state index in [1.54, 1.807) is 0 Å². The summed E-state index contributed by atoms with van der Waals surface area (Å²) < 4.78 is 11.6. The molecule has 3 aromatic rings. The fourth-order valence-corrected chi connectivity index (χ4v) is 6.32. The number of aromatic nitrogens is 2. The molecular weight excluding hydrogens is 440 g/mol. The molecule has 2 atom stereocenters. The number of aromatic amines is 1. The van der Waals surface area contributed by atoms with E-state index in [9.17, 15) is 4.79 Å². The maximum absolute atomic E-state index is 13.8. The van der Waals surface area contributed by atoms with E-state index in [2.05, 4.69) is 38.2 Å². The summed E-state index contributed by atoms with van der Waals surface area (Å²) in [6, 6.07) is 14.8. The van der Waals surface area contributed by atoms with Crippen molar-refractivity contribution in [3.8, 4) is 5.75 Å². The average molecular weight is 475 g/mol. The first-order valence-corrected chi connectivity index (χ1v) is 13.0. The summed E-state index contributed by atoms with van der Waals surface area (Å²) in [6.07, 6.45) is 7.32. The summed E-state index contributed by atoms with van der Waals surface area (Å²) in [6.45, 7) is 4.88. The van der Waals surface area contributed by atoms with Crippen molar-refractivity contribution in [1.82, 2.24) is 20.0 Å². The highest BCUT2D eigenvalue weighted by Gasteiger charge is 2.43. The number of H-pyrrole nitrogens is 1. The topological polar surface area (TPSA) is 70.7 Å². The molecule has 0 radical (unpaired) electrons. The Hall–Kier alpha value is -2.90. The van der Waals surface area contributed by atoms with Crippen LogP contribution in [0.5, 0.6) is 5.75 Å². The van der Waals surface area contributed by atoms with Gasteiger partial charge in [-0.1, -0.05) is 24.3 Å². The lowest BCUT2D eigenvalue weighted by atomic mass is 9.85. The normalized spacial score (nSPS) is 24.7. The molecule has 0 aliphatic carbocycles. The van der Waals surface area contributed by atoms with Crippen LogP contribution in [0.1, 0.15) is 41.6 Å². The third-order valence-electron chi connectivity index (χ3n) is 8.04. The highest BCUT2D eigenvalue weighted by atomic mass is 16.5. The maximum Gasteiger partial charge on any atom is 0.258 e. The Bertz CT molecular complexity index is 1160. The number of rotatable bonds is 7. The second kappa shape index (κ2) is 9.99. The van der Waals surface area contributed by atoms with Gasteiger partial charge >= 0.3 is 0 Å². The second-order valence-electron chi connectivity index (χ2n) is 10.2. The molecule has 7 nitrogen and oxygen atoms in total. The number of nitrogens with one attached hydrogen (secondary N) is 1. The van der Waals surface area contributed by atoms with Crippen LogP contribution in [0.15, 0.2) is 48.7 Å². The number of benzene rings is 2. The zero-order valence-corrected chi connectivity index (χ0v) is 20.2. The molecule has 3 saturated heterocycles. The molecule has 0 unspecified atom stereocenters. The van der Waals surface area contributed by atoms with Crippen molar-refractivity contribution in [3.63, 3.8) is 0 Å². The van der Waals surface area contributed by atoms with Gasteiger partial charge in [-0.15, -0.1) is 0 Å². The summed E-state index contributed by atoms with van der Waals surface area (Å²) in [4.78, 5) is 18.3. The Kier molecular flexibility index (Phi) is 6.44. The first-order valence-electron chi connectivity index (χ1n) is 13.0. The highest BCUT2D eigenvalue weighted by molar-refractivity contribution is 5.97. The minimum absolute atomic E-state index is 0.134. The number of carbonyl (C=O) groups excluding carboxylic acids is 1. The van der Waals surface area contributed by atoms with E-state index < -0.39 is 0 Å². The highest BCUT2D eigenvalue weighted by Crippen LogP contribution is 2.41. The van der Waals surface area contributed by atoms with E-state index >= 15 is 0 Å². The predicted octanol–water partition coefficient (Wildman–Crippen LogP) is 3.90. The number of ether oxygens (including phenoxy) is 2. The van der Waals surface area contributed by atoms with Crippen molar-refractivity contribution in [2.75, 3.05) is 39.5 Å². The van der Waals surface area contributed by atoms with Gasteiger partial charge in [0.15, 0.2) is 0 Å². The third-order valence-corrected chi connectivity index (χ3v) is 8.04. The van der Waals surface area contributed by atoms with Crippen LogP contribution < -0.4 is 4.74 Å². The Labute approximate surface area is 206 Å². The molecule has 7 heteroatoms. The monoisotopic (exact) mass is 474 g/mol. The molecule has 1 aromatic heterocycles. The third kappa shape index (κ3) is 4.67. The van der Waals surface area contributed by atoms with Crippen LogP contribution in [0.25, 0.3) is 10.9 Å². The molecule has 0 saturated carbocycles. The van der Waals surface area contributed by atoms with Crippen molar-refractivity contribution >= 4 is 16.8 Å². The molecule has 3 fully saturated rings. The van der Waals surface area contributed by atoms with Crippen LogP contribution in [-0.4, -0.2) is 77.4 Å². The van der Waals surface area contributed by atoms with E-state index in [1.807, 2.05) is 30.5 Å². The smallest absolute Gasteiger partial charge is 0.258 e. The fourth-order valence-electron chi connectivity index (χ4n) is 6.32. The lowest BCUT2D eigenvalue weighted by molar-refractivity contribution is 0.0320. The molecule has 4 heterocycles. The molecule has 3 aliphatic rings. The summed E-state index contributed by atoms with van der Waals surface area (Å²) in [5.74, 6) is 1.44. The Morgan fingerprint density at radius 3 is 2.69 bits per heavy atom. The fraction of sp³-hybridized carbons (Fsp3) is 0.500. The molecule has 6 rings (SSSR count). The van der Waals surface area contributed by atoms with E-state index in [0.717, 1.165) is 70.5 Å². The average Bonchev–Trinajstić information content (AvgIpc) is 3.48. The van der Waals surface area contributed by atoms with Crippen LogP contribution in [0, 0.1) is 5.92 Å². The van der Waals surface area contributed by atoms with Gasteiger partial charge in [0.05, 0.1) is 30.5 Å². The number of nitrogens with zero attached hydrogens (tertiary/aromatic N) is 3. The van der Waals surface area contributed by atoms with Gasteiger partial charge in [0.25, 0.3) is 5.91 Å². The van der Waals surface area contributed by atoms with E-state index in [4.69, 9.17) is 9.47 Å². The first-order chi connectivity index (χ1) is 17.3. The van der Waals surface area contributed by atoms with E-state index in [-0.39, 0.29) is 5.91 Å². The Morgan fingerprint density at radius 2 is 1.86 bits per heavy atom. The molecule has 184 valence electrons. The number of carbonyl (C=O) groups is 1. The van der Waals surface area contributed by atoms with Crippen LogP contribution in [0.4, 0.5) is 0 Å². The number of piperidine rings is 1. The second-order valence-corrected chi connectivity index (χ2v) is 10.2. The van der Waals surface area contributed by atoms with Crippen molar-refractivity contribution in [3.05, 3.63) is 59.8 Å². The Morgan fingerprint density at radius 1 is 1.06 bits per heavy atom. The molecule has 2 bridgehead atoms. The van der Waals surface area contributed by atoms with Gasteiger partial charge in [0.2, 0.25) is 0 Å².